The molecule has 0 atom stereocenters. The Kier molecular flexibility index (Phi) is 1.89. The van der Waals surface area contributed by atoms with E-state index < -0.39 is 0 Å². The molecule has 4 heteroatoms. The lowest BCUT2D eigenvalue weighted by Crippen LogP contribution is -2.19. The zero-order chi connectivity index (χ0) is 12.3. The number of nitrogen functional groups attached to an aromatic ring is 1. The third-order valence-electron chi connectivity index (χ3n) is 3.55. The lowest BCUT2D eigenvalue weighted by molar-refractivity contribution is 0.746. The molecule has 0 bridgehead atoms. The molecule has 0 spiro atoms. The predicted octanol–water partition coefficient (Wildman–Crippen LogP) is 3.13. The minimum atomic E-state index is 0.131. The maximum Gasteiger partial charge on any atom is 0.260 e. The molecule has 1 aliphatic rings. The Balaban J connectivity index is 2.30. The van der Waals surface area contributed by atoms with E-state index in [-0.39, 0.29) is 5.56 Å². The van der Waals surface area contributed by atoms with Crippen LogP contribution < -0.4 is 11.3 Å². The summed E-state index contributed by atoms with van der Waals surface area (Å²) in [6.45, 7) is 0. The van der Waals surface area contributed by atoms with Crippen LogP contribution in [0, 0.1) is 0 Å². The first kappa shape index (κ1) is 10.1. The van der Waals surface area contributed by atoms with Crippen LogP contribution >= 0.6 is 11.3 Å². The Labute approximate surface area is 107 Å². The van der Waals surface area contributed by atoms with Crippen molar-refractivity contribution in [3.63, 3.8) is 0 Å². The van der Waals surface area contributed by atoms with Crippen LogP contribution in [0.4, 0.5) is 5.69 Å². The number of thiophene rings is 1. The highest BCUT2D eigenvalue weighted by molar-refractivity contribution is 7.18. The first-order valence-corrected chi connectivity index (χ1v) is 6.94. The van der Waals surface area contributed by atoms with Gasteiger partial charge < -0.3 is 10.3 Å². The first-order chi connectivity index (χ1) is 8.75. The summed E-state index contributed by atoms with van der Waals surface area (Å²) in [6, 6.07) is 8.15. The van der Waals surface area contributed by atoms with E-state index in [0.717, 1.165) is 33.8 Å². The van der Waals surface area contributed by atoms with Gasteiger partial charge in [-0.25, -0.2) is 0 Å². The molecule has 18 heavy (non-hydrogen) atoms. The van der Waals surface area contributed by atoms with E-state index in [1.165, 1.54) is 0 Å². The number of nitrogens with two attached hydrogens (primary N) is 1. The van der Waals surface area contributed by atoms with Gasteiger partial charge in [-0.1, -0.05) is 0 Å². The normalized spacial score (nSPS) is 15.6. The van der Waals surface area contributed by atoms with E-state index in [9.17, 15) is 4.79 Å². The van der Waals surface area contributed by atoms with E-state index in [2.05, 4.69) is 0 Å². The Morgan fingerprint density at radius 1 is 1.22 bits per heavy atom. The van der Waals surface area contributed by atoms with Crippen LogP contribution in [0.3, 0.4) is 0 Å². The summed E-state index contributed by atoms with van der Waals surface area (Å²) in [7, 11) is 0. The molecule has 0 amide bonds. The predicted molar refractivity (Wildman–Crippen MR) is 76.3 cm³/mol. The number of rotatable bonds is 1. The van der Waals surface area contributed by atoms with Crippen LogP contribution in [0.15, 0.2) is 34.4 Å². The number of nitrogens with zero attached hydrogens (tertiary/aromatic N) is 1. The summed E-state index contributed by atoms with van der Waals surface area (Å²) < 4.78 is 3.01. The zero-order valence-corrected chi connectivity index (χ0v) is 10.5. The van der Waals surface area contributed by atoms with Crippen LogP contribution in [-0.2, 0) is 0 Å². The smallest absolute Gasteiger partial charge is 0.260 e. The molecule has 4 rings (SSSR count). The van der Waals surface area contributed by atoms with E-state index in [1.54, 1.807) is 11.3 Å². The third kappa shape index (κ3) is 1.26. The van der Waals surface area contributed by atoms with Gasteiger partial charge in [0.25, 0.3) is 5.56 Å². The fourth-order valence-corrected chi connectivity index (χ4v) is 3.48. The minimum Gasteiger partial charge on any atom is -0.399 e. The van der Waals surface area contributed by atoms with Gasteiger partial charge in [0.15, 0.2) is 0 Å². The monoisotopic (exact) mass is 256 g/mol. The van der Waals surface area contributed by atoms with Gasteiger partial charge in [-0.05, 0) is 42.5 Å². The fourth-order valence-electron chi connectivity index (χ4n) is 2.56. The van der Waals surface area contributed by atoms with Crippen LogP contribution in [0.25, 0.3) is 21.0 Å². The standard InChI is InChI=1S/C14H12N2OS/c15-8-1-4-10-12(7-8)16(9-2-3-9)14(17)11-5-6-18-13(10)11/h1,4-7,9H,2-3,15H2. The second-order valence-electron chi connectivity index (χ2n) is 4.85. The second kappa shape index (κ2) is 3.36. The molecule has 1 aromatic carbocycles. The lowest BCUT2D eigenvalue weighted by Gasteiger charge is -2.10. The summed E-state index contributed by atoms with van der Waals surface area (Å²) in [5, 5.41) is 3.96. The molecular formula is C14H12N2OS. The molecule has 0 saturated heterocycles. The largest absolute Gasteiger partial charge is 0.399 e. The summed E-state index contributed by atoms with van der Waals surface area (Å²) in [4.78, 5) is 12.5. The maximum absolute atomic E-state index is 12.5. The highest BCUT2D eigenvalue weighted by atomic mass is 32.1. The van der Waals surface area contributed by atoms with Crippen molar-refractivity contribution in [2.75, 3.05) is 5.73 Å². The van der Waals surface area contributed by atoms with Crippen molar-refractivity contribution in [1.82, 2.24) is 4.57 Å². The number of pyridine rings is 1. The van der Waals surface area contributed by atoms with Crippen molar-refractivity contribution in [3.8, 4) is 0 Å². The molecule has 90 valence electrons. The molecule has 2 heterocycles. The van der Waals surface area contributed by atoms with Crippen LogP contribution in [0.1, 0.15) is 18.9 Å². The number of hydrogen-bond acceptors (Lipinski definition) is 3. The zero-order valence-electron chi connectivity index (χ0n) is 9.72. The van der Waals surface area contributed by atoms with Crippen molar-refractivity contribution in [1.29, 1.82) is 0 Å². The van der Waals surface area contributed by atoms with Crippen LogP contribution in [0.2, 0.25) is 0 Å². The average Bonchev–Trinajstić information content (AvgIpc) is 3.05. The van der Waals surface area contributed by atoms with Crippen LogP contribution in [0.5, 0.6) is 0 Å². The van der Waals surface area contributed by atoms with Gasteiger partial charge in [0.2, 0.25) is 0 Å². The first-order valence-electron chi connectivity index (χ1n) is 6.06. The molecule has 3 nitrogen and oxygen atoms in total. The van der Waals surface area contributed by atoms with Crippen molar-refractivity contribution in [2.24, 2.45) is 0 Å². The lowest BCUT2D eigenvalue weighted by atomic mass is 10.1. The van der Waals surface area contributed by atoms with E-state index in [1.807, 2.05) is 34.2 Å². The third-order valence-corrected chi connectivity index (χ3v) is 4.50. The molecule has 0 aliphatic heterocycles. The van der Waals surface area contributed by atoms with Crippen LogP contribution in [-0.4, -0.2) is 4.57 Å². The average molecular weight is 256 g/mol. The number of benzene rings is 1. The van der Waals surface area contributed by atoms with E-state index in [0.29, 0.717) is 11.7 Å². The number of hydrogen-bond donors (Lipinski definition) is 1. The SMILES string of the molecule is Nc1ccc2c3sccc3c(=O)n(C3CC3)c2c1. The van der Waals surface area contributed by atoms with Gasteiger partial charge >= 0.3 is 0 Å². The molecule has 0 radical (unpaired) electrons. The molecule has 1 saturated carbocycles. The van der Waals surface area contributed by atoms with Gasteiger partial charge in [-0.2, -0.15) is 0 Å². The summed E-state index contributed by atoms with van der Waals surface area (Å²) in [5.41, 5.74) is 7.70. The van der Waals surface area contributed by atoms with Gasteiger partial charge in [0.1, 0.15) is 0 Å². The quantitative estimate of drug-likeness (QED) is 0.680. The van der Waals surface area contributed by atoms with E-state index >= 15 is 0 Å². The highest BCUT2D eigenvalue weighted by Crippen LogP contribution is 2.38. The highest BCUT2D eigenvalue weighted by Gasteiger charge is 2.27. The second-order valence-corrected chi connectivity index (χ2v) is 5.76. The minimum absolute atomic E-state index is 0.131. The molecule has 2 N–H and O–H groups in total. The molecule has 0 unspecified atom stereocenters. The summed E-state index contributed by atoms with van der Waals surface area (Å²) in [6.07, 6.45) is 2.19. The maximum atomic E-state index is 12.5. The van der Waals surface area contributed by atoms with Gasteiger partial charge in [0.05, 0.1) is 10.9 Å². The summed E-state index contributed by atoms with van der Waals surface area (Å²) in [5.74, 6) is 0. The Hall–Kier alpha value is -1.81. The Morgan fingerprint density at radius 3 is 2.83 bits per heavy atom. The fraction of sp³-hybridized carbons (Fsp3) is 0.214. The van der Waals surface area contributed by atoms with Crippen molar-refractivity contribution in [3.05, 3.63) is 40.0 Å². The number of aromatic nitrogens is 1. The number of fused-ring (bicyclic) bond motifs is 3. The summed E-state index contributed by atoms with van der Waals surface area (Å²) >= 11 is 1.62. The molecule has 2 aromatic heterocycles. The molecule has 1 aliphatic carbocycles. The van der Waals surface area contributed by atoms with E-state index in [4.69, 9.17) is 5.73 Å². The van der Waals surface area contributed by atoms with Crippen molar-refractivity contribution >= 4 is 38.0 Å². The van der Waals surface area contributed by atoms with Gasteiger partial charge in [-0.15, -0.1) is 11.3 Å². The molecule has 1 fully saturated rings. The van der Waals surface area contributed by atoms with Gasteiger partial charge in [-0.3, -0.25) is 4.79 Å². The Bertz CT molecular complexity index is 827. The molecule has 3 aromatic rings. The van der Waals surface area contributed by atoms with Gasteiger partial charge in [0, 0.05) is 21.8 Å². The Morgan fingerprint density at radius 2 is 2.06 bits per heavy atom. The topological polar surface area (TPSA) is 48.0 Å². The van der Waals surface area contributed by atoms with Crippen molar-refractivity contribution < 1.29 is 0 Å². The molecular weight excluding hydrogens is 244 g/mol. The number of anilines is 1. The van der Waals surface area contributed by atoms with Crippen molar-refractivity contribution in [2.45, 2.75) is 18.9 Å².